The highest BCUT2D eigenvalue weighted by atomic mass is 32.2. The minimum Gasteiger partial charge on any atom is -0.493 e. The average molecular weight is 491 g/mol. The van der Waals surface area contributed by atoms with Crippen molar-refractivity contribution in [2.24, 2.45) is 0 Å². The fourth-order valence-electron chi connectivity index (χ4n) is 3.38. The molecule has 0 saturated heterocycles. The van der Waals surface area contributed by atoms with Gasteiger partial charge in [-0.15, -0.1) is 5.10 Å². The lowest BCUT2D eigenvalue weighted by molar-refractivity contribution is -0.118. The van der Waals surface area contributed by atoms with Crippen LogP contribution in [0.15, 0.2) is 88.8 Å². The molecular weight excluding hydrogens is 464 g/mol. The molecule has 0 aliphatic carbocycles. The van der Waals surface area contributed by atoms with Crippen LogP contribution in [0.3, 0.4) is 0 Å². The SMILES string of the molecule is COc1cc(CNC(=O)CSc2n[nH]c(=O)n2Cc2ccccc2)ccc1OCc1ccccc1. The summed E-state index contributed by atoms with van der Waals surface area (Å²) in [7, 11) is 1.59. The van der Waals surface area contributed by atoms with Crippen LogP contribution < -0.4 is 20.5 Å². The van der Waals surface area contributed by atoms with Gasteiger partial charge in [0.15, 0.2) is 16.7 Å². The van der Waals surface area contributed by atoms with Gasteiger partial charge in [0.1, 0.15) is 6.61 Å². The molecule has 4 aromatic rings. The Morgan fingerprint density at radius 2 is 1.69 bits per heavy atom. The molecule has 1 heterocycles. The van der Waals surface area contributed by atoms with Crippen molar-refractivity contribution in [3.63, 3.8) is 0 Å². The van der Waals surface area contributed by atoms with Gasteiger partial charge in [-0.05, 0) is 28.8 Å². The molecule has 9 heteroatoms. The first-order valence-electron chi connectivity index (χ1n) is 11.0. The summed E-state index contributed by atoms with van der Waals surface area (Å²) in [6, 6.07) is 25.1. The Balaban J connectivity index is 1.29. The molecule has 35 heavy (non-hydrogen) atoms. The van der Waals surface area contributed by atoms with Gasteiger partial charge in [0.05, 0.1) is 19.4 Å². The number of aromatic nitrogens is 3. The Labute approximate surface area is 207 Å². The summed E-state index contributed by atoms with van der Waals surface area (Å²) in [6.45, 7) is 1.16. The van der Waals surface area contributed by atoms with Crippen LogP contribution in [0.25, 0.3) is 0 Å². The monoisotopic (exact) mass is 490 g/mol. The van der Waals surface area contributed by atoms with Crippen LogP contribution in [0.2, 0.25) is 0 Å². The molecule has 3 aromatic carbocycles. The van der Waals surface area contributed by atoms with Crippen molar-refractivity contribution in [3.8, 4) is 11.5 Å². The highest BCUT2D eigenvalue weighted by Gasteiger charge is 2.13. The first-order valence-corrected chi connectivity index (χ1v) is 12.0. The van der Waals surface area contributed by atoms with Gasteiger partial charge in [-0.25, -0.2) is 9.89 Å². The molecule has 0 unspecified atom stereocenters. The summed E-state index contributed by atoms with van der Waals surface area (Å²) in [5.74, 6) is 1.20. The standard InChI is InChI=1S/C26H26N4O4S/c1-33-23-14-21(12-13-22(23)34-17-20-10-6-3-7-11-20)15-27-24(31)18-35-26-29-28-25(32)30(26)16-19-8-4-2-5-9-19/h2-14H,15-18H2,1H3,(H,27,31)(H,28,32). The second-order valence-electron chi connectivity index (χ2n) is 7.71. The van der Waals surface area contributed by atoms with Gasteiger partial charge in [-0.1, -0.05) is 78.5 Å². The van der Waals surface area contributed by atoms with Crippen LogP contribution in [0.5, 0.6) is 11.5 Å². The van der Waals surface area contributed by atoms with E-state index >= 15 is 0 Å². The minimum atomic E-state index is -0.307. The number of benzene rings is 3. The number of ether oxygens (including phenoxy) is 2. The number of nitrogens with zero attached hydrogens (tertiary/aromatic N) is 2. The second kappa shape index (κ2) is 11.9. The van der Waals surface area contributed by atoms with Crippen molar-refractivity contribution in [3.05, 3.63) is 106 Å². The number of amides is 1. The van der Waals surface area contributed by atoms with Crippen molar-refractivity contribution in [2.45, 2.75) is 24.9 Å². The number of aromatic amines is 1. The lowest BCUT2D eigenvalue weighted by atomic mass is 10.2. The molecule has 8 nitrogen and oxygen atoms in total. The smallest absolute Gasteiger partial charge is 0.344 e. The van der Waals surface area contributed by atoms with E-state index in [9.17, 15) is 9.59 Å². The summed E-state index contributed by atoms with van der Waals surface area (Å²) in [5.41, 5.74) is 2.62. The molecule has 0 radical (unpaired) electrons. The Hall–Kier alpha value is -3.98. The van der Waals surface area contributed by atoms with Crippen molar-refractivity contribution in [1.82, 2.24) is 20.1 Å². The van der Waals surface area contributed by atoms with E-state index in [0.29, 0.717) is 36.4 Å². The molecule has 0 bridgehead atoms. The molecule has 180 valence electrons. The minimum absolute atomic E-state index is 0.133. The summed E-state index contributed by atoms with van der Waals surface area (Å²) < 4.78 is 12.9. The molecule has 0 atom stereocenters. The molecular formula is C26H26N4O4S. The highest BCUT2D eigenvalue weighted by Crippen LogP contribution is 2.29. The number of H-pyrrole nitrogens is 1. The topological polar surface area (TPSA) is 98.2 Å². The van der Waals surface area contributed by atoms with Crippen molar-refractivity contribution in [1.29, 1.82) is 0 Å². The molecule has 2 N–H and O–H groups in total. The van der Waals surface area contributed by atoms with Crippen molar-refractivity contribution < 1.29 is 14.3 Å². The third kappa shape index (κ3) is 6.77. The van der Waals surface area contributed by atoms with Gasteiger partial charge in [-0.2, -0.15) is 0 Å². The van der Waals surface area contributed by atoms with Crippen LogP contribution in [-0.4, -0.2) is 33.5 Å². The van der Waals surface area contributed by atoms with E-state index in [1.54, 1.807) is 7.11 Å². The van der Waals surface area contributed by atoms with E-state index in [-0.39, 0.29) is 17.3 Å². The van der Waals surface area contributed by atoms with Crippen LogP contribution in [0, 0.1) is 0 Å². The van der Waals surface area contributed by atoms with Crippen LogP contribution >= 0.6 is 11.8 Å². The zero-order chi connectivity index (χ0) is 24.5. The quantitative estimate of drug-likeness (QED) is 0.312. The average Bonchev–Trinajstić information content (AvgIpc) is 3.25. The van der Waals surface area contributed by atoms with Gasteiger partial charge in [0, 0.05) is 6.54 Å². The maximum atomic E-state index is 12.4. The van der Waals surface area contributed by atoms with Gasteiger partial charge in [0.2, 0.25) is 5.91 Å². The summed E-state index contributed by atoms with van der Waals surface area (Å²) in [4.78, 5) is 24.6. The van der Waals surface area contributed by atoms with Crippen molar-refractivity contribution >= 4 is 17.7 Å². The zero-order valence-corrected chi connectivity index (χ0v) is 20.1. The fraction of sp³-hybridized carbons (Fsp3) is 0.192. The normalized spacial score (nSPS) is 10.7. The lowest BCUT2D eigenvalue weighted by Crippen LogP contribution is -2.25. The number of hydrogen-bond donors (Lipinski definition) is 2. The number of hydrogen-bond acceptors (Lipinski definition) is 6. The molecule has 0 spiro atoms. The number of methoxy groups -OCH3 is 1. The van der Waals surface area contributed by atoms with E-state index in [1.807, 2.05) is 78.9 Å². The third-order valence-corrected chi connectivity index (χ3v) is 6.17. The number of nitrogens with one attached hydrogen (secondary N) is 2. The van der Waals surface area contributed by atoms with Crippen LogP contribution in [-0.2, 0) is 24.5 Å². The molecule has 1 aromatic heterocycles. The molecule has 0 saturated carbocycles. The first-order chi connectivity index (χ1) is 17.1. The number of thioether (sulfide) groups is 1. The van der Waals surface area contributed by atoms with E-state index in [1.165, 1.54) is 16.3 Å². The van der Waals surface area contributed by atoms with Crippen LogP contribution in [0.4, 0.5) is 0 Å². The summed E-state index contributed by atoms with van der Waals surface area (Å²) >= 11 is 1.21. The van der Waals surface area contributed by atoms with Crippen molar-refractivity contribution in [2.75, 3.05) is 12.9 Å². The maximum Gasteiger partial charge on any atom is 0.344 e. The lowest BCUT2D eigenvalue weighted by Gasteiger charge is -2.13. The summed E-state index contributed by atoms with van der Waals surface area (Å²) in [6.07, 6.45) is 0. The largest absolute Gasteiger partial charge is 0.493 e. The first kappa shape index (κ1) is 24.2. The van der Waals surface area contributed by atoms with Gasteiger partial charge >= 0.3 is 5.69 Å². The predicted molar refractivity (Wildman–Crippen MR) is 135 cm³/mol. The molecule has 4 rings (SSSR count). The van der Waals surface area contributed by atoms with E-state index in [4.69, 9.17) is 9.47 Å². The van der Waals surface area contributed by atoms with E-state index < -0.39 is 0 Å². The van der Waals surface area contributed by atoms with Gasteiger partial charge in [-0.3, -0.25) is 9.36 Å². The fourth-order valence-corrected chi connectivity index (χ4v) is 4.15. The Morgan fingerprint density at radius 3 is 2.40 bits per heavy atom. The highest BCUT2D eigenvalue weighted by molar-refractivity contribution is 7.99. The molecule has 0 aliphatic rings. The Bertz CT molecular complexity index is 1310. The summed E-state index contributed by atoms with van der Waals surface area (Å²) in [5, 5.41) is 9.87. The Morgan fingerprint density at radius 1 is 0.971 bits per heavy atom. The molecule has 0 aliphatic heterocycles. The van der Waals surface area contributed by atoms with E-state index in [2.05, 4.69) is 15.5 Å². The zero-order valence-electron chi connectivity index (χ0n) is 19.3. The van der Waals surface area contributed by atoms with Crippen LogP contribution in [0.1, 0.15) is 16.7 Å². The van der Waals surface area contributed by atoms with E-state index in [0.717, 1.165) is 16.7 Å². The van der Waals surface area contributed by atoms with Gasteiger partial charge in [0.25, 0.3) is 0 Å². The Kier molecular flexibility index (Phi) is 8.24. The number of rotatable bonds is 11. The second-order valence-corrected chi connectivity index (χ2v) is 8.65. The number of carbonyl (C=O) groups is 1. The molecule has 1 amide bonds. The maximum absolute atomic E-state index is 12.4. The predicted octanol–water partition coefficient (Wildman–Crippen LogP) is 3.62. The van der Waals surface area contributed by atoms with Gasteiger partial charge < -0.3 is 14.8 Å². The number of carbonyl (C=O) groups excluding carboxylic acids is 1. The third-order valence-electron chi connectivity index (χ3n) is 5.19. The molecule has 0 fully saturated rings.